The van der Waals surface area contributed by atoms with Gasteiger partial charge in [0.25, 0.3) is 15.6 Å². The SMILES string of the molecule is N=C(N)c1ccc(CNC(=O)Cn2c(-c3ccccc3)cnc(NS(=O)(=O)c3ccccc3)c2=O)cc1. The fraction of sp³-hybridized carbons (Fsp3) is 0.0769. The highest BCUT2D eigenvalue weighted by atomic mass is 32.2. The largest absolute Gasteiger partial charge is 0.384 e. The van der Waals surface area contributed by atoms with Crippen LogP contribution < -0.4 is 21.3 Å². The Kier molecular flexibility index (Phi) is 7.44. The Labute approximate surface area is 213 Å². The molecule has 0 fully saturated rings. The van der Waals surface area contributed by atoms with Crippen molar-refractivity contribution >= 4 is 27.6 Å². The third kappa shape index (κ3) is 6.08. The fourth-order valence-corrected chi connectivity index (χ4v) is 4.57. The fourth-order valence-electron chi connectivity index (χ4n) is 3.54. The molecular formula is C26H24N6O4S. The second-order valence-electron chi connectivity index (χ2n) is 8.06. The third-order valence-electron chi connectivity index (χ3n) is 5.46. The highest BCUT2D eigenvalue weighted by molar-refractivity contribution is 7.92. The van der Waals surface area contributed by atoms with E-state index in [1.54, 1.807) is 66.7 Å². The van der Waals surface area contributed by atoms with Crippen molar-refractivity contribution in [1.29, 1.82) is 5.41 Å². The van der Waals surface area contributed by atoms with E-state index < -0.39 is 27.3 Å². The molecule has 0 aliphatic carbocycles. The number of nitrogens with two attached hydrogens (primary N) is 1. The predicted molar refractivity (Wildman–Crippen MR) is 140 cm³/mol. The average Bonchev–Trinajstić information content (AvgIpc) is 2.91. The first-order chi connectivity index (χ1) is 17.7. The summed E-state index contributed by atoms with van der Waals surface area (Å²) in [5.41, 5.74) is 7.04. The Morgan fingerprint density at radius 1 is 0.946 bits per heavy atom. The van der Waals surface area contributed by atoms with Crippen molar-refractivity contribution in [3.05, 3.63) is 113 Å². The number of nitrogen functional groups attached to an aromatic ring is 1. The molecule has 4 rings (SSSR count). The van der Waals surface area contributed by atoms with Crippen LogP contribution in [0.2, 0.25) is 0 Å². The molecule has 0 saturated carbocycles. The maximum absolute atomic E-state index is 13.3. The molecule has 4 aromatic rings. The van der Waals surface area contributed by atoms with Crippen LogP contribution >= 0.6 is 0 Å². The normalized spacial score (nSPS) is 11.0. The van der Waals surface area contributed by atoms with Crippen LogP contribution in [0.3, 0.4) is 0 Å². The second kappa shape index (κ2) is 10.9. The summed E-state index contributed by atoms with van der Waals surface area (Å²) >= 11 is 0. The molecule has 1 heterocycles. The molecule has 188 valence electrons. The summed E-state index contributed by atoms with van der Waals surface area (Å²) in [5, 5.41) is 10.2. The van der Waals surface area contributed by atoms with Gasteiger partial charge < -0.3 is 11.1 Å². The number of benzene rings is 3. The number of amidine groups is 1. The first kappa shape index (κ1) is 25.3. The highest BCUT2D eigenvalue weighted by Gasteiger charge is 2.20. The van der Waals surface area contributed by atoms with Gasteiger partial charge in [0.1, 0.15) is 12.4 Å². The quantitative estimate of drug-likeness (QED) is 0.197. The van der Waals surface area contributed by atoms with Crippen molar-refractivity contribution < 1.29 is 13.2 Å². The van der Waals surface area contributed by atoms with E-state index in [9.17, 15) is 18.0 Å². The number of anilines is 1. The summed E-state index contributed by atoms with van der Waals surface area (Å²) in [6.07, 6.45) is 1.35. The van der Waals surface area contributed by atoms with Gasteiger partial charge >= 0.3 is 0 Å². The van der Waals surface area contributed by atoms with Crippen LogP contribution in [0.25, 0.3) is 11.3 Å². The molecule has 0 unspecified atom stereocenters. The summed E-state index contributed by atoms with van der Waals surface area (Å²) in [4.78, 5) is 30.2. The molecule has 0 radical (unpaired) electrons. The van der Waals surface area contributed by atoms with Gasteiger partial charge in [-0.15, -0.1) is 0 Å². The lowest BCUT2D eigenvalue weighted by atomic mass is 10.1. The minimum atomic E-state index is -4.06. The van der Waals surface area contributed by atoms with E-state index in [4.69, 9.17) is 11.1 Å². The summed E-state index contributed by atoms with van der Waals surface area (Å²) in [6.45, 7) is -0.178. The third-order valence-corrected chi connectivity index (χ3v) is 6.82. The number of carbonyl (C=O) groups is 1. The first-order valence-electron chi connectivity index (χ1n) is 11.2. The molecular weight excluding hydrogens is 492 g/mol. The van der Waals surface area contributed by atoms with Crippen LogP contribution in [0.15, 0.2) is 101 Å². The Bertz CT molecular complexity index is 1590. The standard InChI is InChI=1S/C26H24N6O4S/c27-24(28)20-13-11-18(12-14-20)15-29-23(33)17-32-22(19-7-3-1-4-8-19)16-30-25(26(32)34)31-37(35,36)21-9-5-2-6-10-21/h1-14,16H,15,17H2,(H3,27,28)(H,29,33)(H,30,31). The molecule has 1 amide bonds. The molecule has 5 N–H and O–H groups in total. The minimum absolute atomic E-state index is 0.0246. The first-order valence-corrected chi connectivity index (χ1v) is 12.7. The monoisotopic (exact) mass is 516 g/mol. The zero-order valence-electron chi connectivity index (χ0n) is 19.6. The number of nitrogens with zero attached hydrogens (tertiary/aromatic N) is 2. The van der Waals surface area contributed by atoms with E-state index in [1.807, 2.05) is 6.07 Å². The van der Waals surface area contributed by atoms with Crippen LogP contribution in [-0.2, 0) is 27.9 Å². The van der Waals surface area contributed by atoms with Crippen LogP contribution in [0.4, 0.5) is 5.82 Å². The van der Waals surface area contributed by atoms with Gasteiger partial charge in [0.15, 0.2) is 0 Å². The van der Waals surface area contributed by atoms with E-state index in [0.29, 0.717) is 16.8 Å². The molecule has 0 aliphatic rings. The lowest BCUT2D eigenvalue weighted by molar-refractivity contribution is -0.121. The van der Waals surface area contributed by atoms with Crippen molar-refractivity contribution in [2.75, 3.05) is 4.72 Å². The number of carbonyl (C=O) groups excluding carboxylic acids is 1. The molecule has 11 heteroatoms. The number of sulfonamides is 1. The Morgan fingerprint density at radius 2 is 1.57 bits per heavy atom. The number of nitrogens with one attached hydrogen (secondary N) is 3. The minimum Gasteiger partial charge on any atom is -0.384 e. The number of hydrogen-bond acceptors (Lipinski definition) is 6. The van der Waals surface area contributed by atoms with Crippen molar-refractivity contribution in [3.63, 3.8) is 0 Å². The molecule has 0 bridgehead atoms. The molecule has 37 heavy (non-hydrogen) atoms. The Balaban J connectivity index is 1.61. The van der Waals surface area contributed by atoms with E-state index in [1.165, 1.54) is 22.9 Å². The van der Waals surface area contributed by atoms with Crippen LogP contribution in [0.5, 0.6) is 0 Å². The van der Waals surface area contributed by atoms with Gasteiger partial charge in [-0.1, -0.05) is 72.8 Å². The summed E-state index contributed by atoms with van der Waals surface area (Å²) in [5.74, 6) is -0.936. The molecule has 0 spiro atoms. The lowest BCUT2D eigenvalue weighted by Crippen LogP contribution is -2.35. The zero-order valence-corrected chi connectivity index (χ0v) is 20.4. The van der Waals surface area contributed by atoms with Crippen LogP contribution in [0, 0.1) is 5.41 Å². The van der Waals surface area contributed by atoms with Gasteiger partial charge in [-0.2, -0.15) is 0 Å². The number of rotatable bonds is 9. The van der Waals surface area contributed by atoms with Gasteiger partial charge in [0.2, 0.25) is 11.7 Å². The molecule has 0 aliphatic heterocycles. The Hall–Kier alpha value is -4.77. The van der Waals surface area contributed by atoms with Gasteiger partial charge in [-0.3, -0.25) is 24.3 Å². The number of amides is 1. The van der Waals surface area contributed by atoms with E-state index in [2.05, 4.69) is 15.0 Å². The van der Waals surface area contributed by atoms with Gasteiger partial charge in [0, 0.05) is 12.1 Å². The molecule has 0 atom stereocenters. The lowest BCUT2D eigenvalue weighted by Gasteiger charge is -2.15. The Morgan fingerprint density at radius 3 is 2.19 bits per heavy atom. The second-order valence-corrected chi connectivity index (χ2v) is 9.74. The number of aromatic nitrogens is 2. The summed E-state index contributed by atoms with van der Waals surface area (Å²) in [7, 11) is -4.06. The summed E-state index contributed by atoms with van der Waals surface area (Å²) < 4.78 is 29.0. The average molecular weight is 517 g/mol. The predicted octanol–water partition coefficient (Wildman–Crippen LogP) is 2.31. The van der Waals surface area contributed by atoms with Crippen molar-refractivity contribution in [1.82, 2.24) is 14.9 Å². The smallest absolute Gasteiger partial charge is 0.295 e. The van der Waals surface area contributed by atoms with Crippen molar-refractivity contribution in [3.8, 4) is 11.3 Å². The van der Waals surface area contributed by atoms with Gasteiger partial charge in [-0.05, 0) is 23.3 Å². The van der Waals surface area contributed by atoms with Crippen molar-refractivity contribution in [2.24, 2.45) is 5.73 Å². The van der Waals surface area contributed by atoms with Crippen LogP contribution in [-0.4, -0.2) is 29.7 Å². The molecule has 10 nitrogen and oxygen atoms in total. The van der Waals surface area contributed by atoms with Gasteiger partial charge in [-0.25, -0.2) is 13.4 Å². The van der Waals surface area contributed by atoms with E-state index in [-0.39, 0.29) is 23.8 Å². The van der Waals surface area contributed by atoms with Crippen molar-refractivity contribution in [2.45, 2.75) is 18.0 Å². The molecule has 1 aromatic heterocycles. The van der Waals surface area contributed by atoms with E-state index in [0.717, 1.165) is 5.56 Å². The molecule has 0 saturated heterocycles. The number of hydrogen-bond donors (Lipinski definition) is 4. The molecule has 3 aromatic carbocycles. The zero-order chi connectivity index (χ0) is 26.4. The van der Waals surface area contributed by atoms with Crippen LogP contribution in [0.1, 0.15) is 11.1 Å². The van der Waals surface area contributed by atoms with Gasteiger partial charge in [0.05, 0.1) is 16.8 Å². The van der Waals surface area contributed by atoms with E-state index >= 15 is 0 Å². The summed E-state index contributed by atoms with van der Waals surface area (Å²) in [6, 6.07) is 23.3. The topological polar surface area (TPSA) is 160 Å². The maximum Gasteiger partial charge on any atom is 0.295 e. The highest BCUT2D eigenvalue weighted by Crippen LogP contribution is 2.19. The maximum atomic E-state index is 13.3.